The van der Waals surface area contributed by atoms with E-state index in [-0.39, 0.29) is 33.2 Å². The van der Waals surface area contributed by atoms with Crippen molar-refractivity contribution in [2.45, 2.75) is 0 Å². The molecule has 2 aliphatic heterocycles. The number of nitro groups is 1. The maximum Gasteiger partial charge on any atom is 0.297 e. The lowest BCUT2D eigenvalue weighted by Crippen LogP contribution is -1.98. The van der Waals surface area contributed by atoms with Gasteiger partial charge in [-0.3, -0.25) is 10.1 Å². The molecule has 8 aromatic carbocycles. The summed E-state index contributed by atoms with van der Waals surface area (Å²) in [4.78, 5) is 32.9. The Kier molecular flexibility index (Phi) is 12.1. The Labute approximate surface area is 454 Å². The van der Waals surface area contributed by atoms with Gasteiger partial charge in [-0.15, -0.1) is 0 Å². The van der Waals surface area contributed by atoms with Crippen LogP contribution in [0.5, 0.6) is 0 Å². The van der Waals surface area contributed by atoms with Gasteiger partial charge in [0.1, 0.15) is 12.1 Å². The molecule has 0 saturated carbocycles. The normalized spacial score (nSPS) is 11.9. The summed E-state index contributed by atoms with van der Waals surface area (Å²) in [5.74, 6) is 0. The van der Waals surface area contributed by atoms with Crippen LogP contribution in [0.4, 0.5) is 0 Å². The number of aromatic nitrogens is 4. The predicted octanol–water partition coefficient (Wildman–Crippen LogP) is 17.4. The largest absolute Gasteiger partial charge is 0.353 e. The number of rotatable bonds is 9. The lowest BCUT2D eigenvalue weighted by molar-refractivity contribution is -0.374. The zero-order valence-corrected chi connectivity index (χ0v) is 42.2. The second kappa shape index (κ2) is 20.1. The van der Waals surface area contributed by atoms with E-state index in [0.717, 1.165) is 55.6 Å². The molecule has 370 valence electrons. The maximum absolute atomic E-state index is 14.1. The molecule has 0 fully saturated rings. The van der Waals surface area contributed by atoms with Crippen LogP contribution in [0.15, 0.2) is 243 Å². The molecule has 0 unspecified atom stereocenters. The zero-order valence-electron chi connectivity index (χ0n) is 42.2. The van der Waals surface area contributed by atoms with Crippen LogP contribution in [0.1, 0.15) is 22.8 Å². The molecule has 0 amide bonds. The van der Waals surface area contributed by atoms with Gasteiger partial charge in [-0.05, 0) is 44.5 Å². The van der Waals surface area contributed by atoms with Crippen LogP contribution in [0, 0.1) is 32.8 Å². The summed E-state index contributed by atoms with van der Waals surface area (Å²) < 4.78 is 0. The van der Waals surface area contributed by atoms with E-state index in [4.69, 9.17) is 9.97 Å². The number of aromatic amines is 2. The zero-order chi connectivity index (χ0) is 53.4. The molecule has 9 heteroatoms. The molecule has 0 atom stereocenters. The average Bonchev–Trinajstić information content (AvgIpc) is 3.84. The predicted molar refractivity (Wildman–Crippen MR) is 317 cm³/mol. The third-order valence-corrected chi connectivity index (χ3v) is 14.6. The van der Waals surface area contributed by atoms with E-state index in [1.54, 1.807) is 6.08 Å². The van der Waals surface area contributed by atoms with Crippen LogP contribution in [0.25, 0.3) is 134 Å². The van der Waals surface area contributed by atoms with Gasteiger partial charge in [0, 0.05) is 50.6 Å². The van der Waals surface area contributed by atoms with E-state index < -0.39 is 0 Å². The fourth-order valence-corrected chi connectivity index (χ4v) is 11.3. The van der Waals surface area contributed by atoms with Crippen LogP contribution in [-0.4, -0.2) is 24.9 Å². The van der Waals surface area contributed by atoms with E-state index in [2.05, 4.69) is 46.4 Å². The highest BCUT2D eigenvalue weighted by atomic mass is 16.6. The Morgan fingerprint density at radius 2 is 0.570 bits per heavy atom. The second-order valence-electron chi connectivity index (χ2n) is 19.1. The summed E-state index contributed by atoms with van der Waals surface area (Å²) in [7, 11) is 0. The minimum absolute atomic E-state index is 0.0863. The topological polar surface area (TPSA) is 148 Å². The molecule has 2 N–H and O–H groups in total. The van der Waals surface area contributed by atoms with Crippen LogP contribution in [-0.2, 0) is 0 Å². The number of hydrogen-bond acceptors (Lipinski definition) is 6. The first-order valence-corrected chi connectivity index (χ1v) is 25.8. The first-order chi connectivity index (χ1) is 39.0. The molecule has 5 heterocycles. The van der Waals surface area contributed by atoms with Crippen molar-refractivity contribution in [3.05, 3.63) is 276 Å². The molecular formula is C70H43N7O2. The summed E-state index contributed by atoms with van der Waals surface area (Å²) in [6, 6.07) is 84.1. The van der Waals surface area contributed by atoms with E-state index in [1.807, 2.05) is 218 Å². The van der Waals surface area contributed by atoms with Crippen molar-refractivity contribution in [3.8, 4) is 101 Å². The molecule has 0 radical (unpaired) electrons. The average molecular weight is 1010 g/mol. The second-order valence-corrected chi connectivity index (χ2v) is 19.1. The van der Waals surface area contributed by atoms with Crippen molar-refractivity contribution in [3.63, 3.8) is 0 Å². The first-order valence-electron chi connectivity index (χ1n) is 25.8. The number of hydrogen-bond donors (Lipinski definition) is 2. The van der Waals surface area contributed by atoms with Crippen molar-refractivity contribution < 1.29 is 4.92 Å². The Morgan fingerprint density at radius 1 is 0.329 bits per heavy atom. The van der Waals surface area contributed by atoms with Gasteiger partial charge in [0.25, 0.3) is 5.70 Å². The molecule has 2 aliphatic rings. The van der Waals surface area contributed by atoms with Gasteiger partial charge >= 0.3 is 0 Å². The van der Waals surface area contributed by atoms with Gasteiger partial charge < -0.3 is 9.97 Å². The maximum atomic E-state index is 14.1. The molecular weight excluding hydrogens is 971 g/mol. The fourth-order valence-electron chi connectivity index (χ4n) is 11.3. The molecule has 13 rings (SSSR count). The SMILES string of the molecule is N#CC1=C(C#N)c2nc1c(-c1ccccc1)c1[nH]c(c(-c3ccccc3)c3nc(c(-c4ccccc4)c4[nH]c(c2-c2ccccc2)c(-c2ccccc2)c4-c2ccccc2)C([N+](=O)[O-])=C3)c(-c2ccccc2)c1-c1ccccc1. The van der Waals surface area contributed by atoms with Crippen LogP contribution >= 0.6 is 0 Å². The Bertz CT molecular complexity index is 4520. The first kappa shape index (κ1) is 47.5. The Balaban J connectivity index is 1.43. The number of nitrogens with one attached hydrogen (secondary N) is 2. The summed E-state index contributed by atoms with van der Waals surface area (Å²) in [6.07, 6.45) is 1.60. The van der Waals surface area contributed by atoms with Gasteiger partial charge in [-0.1, -0.05) is 243 Å². The third kappa shape index (κ3) is 8.20. The van der Waals surface area contributed by atoms with E-state index >= 15 is 0 Å². The highest BCUT2D eigenvalue weighted by Gasteiger charge is 2.35. The Hall–Kier alpha value is -11.3. The summed E-state index contributed by atoms with van der Waals surface area (Å²) in [5, 5.41) is 37.6. The van der Waals surface area contributed by atoms with E-state index in [1.165, 1.54) is 0 Å². The highest BCUT2D eigenvalue weighted by molar-refractivity contribution is 6.19. The van der Waals surface area contributed by atoms with Crippen molar-refractivity contribution in [2.75, 3.05) is 0 Å². The monoisotopic (exact) mass is 1010 g/mol. The van der Waals surface area contributed by atoms with E-state index in [9.17, 15) is 20.6 Å². The fraction of sp³-hybridized carbons (Fsp3) is 0. The minimum Gasteiger partial charge on any atom is -0.353 e. The van der Waals surface area contributed by atoms with Crippen LogP contribution in [0.3, 0.4) is 0 Å². The van der Waals surface area contributed by atoms with E-state index in [0.29, 0.717) is 66.8 Å². The van der Waals surface area contributed by atoms with Crippen LogP contribution in [0.2, 0.25) is 0 Å². The molecule has 0 spiro atoms. The molecule has 11 aromatic rings. The molecule has 9 nitrogen and oxygen atoms in total. The quantitative estimate of drug-likeness (QED) is 0.109. The Morgan fingerprint density at radius 3 is 0.835 bits per heavy atom. The molecule has 79 heavy (non-hydrogen) atoms. The number of allylic oxidation sites excluding steroid dienone is 2. The molecule has 3 aromatic heterocycles. The standard InChI is InChI=1S/C70H43N7O2/c71-42-52-53(43-72)65-62(50-37-21-7-22-38-50)69-59(47-31-15-4-16-32-47)60(48-33-17-5-18-34-48)70(76-69)63(51-39-23-8-24-40-51)66-55(77(78)79)41-54(73-66)56(44-25-9-1-10-26-44)67-57(45-27-11-2-12-28-45)58(46-29-13-3-14-30-46)68(75-67)61(64(52)74-65)49-35-19-6-20-36-49/h1-41,75-76H. The number of nitriles is 2. The van der Waals surface area contributed by atoms with Gasteiger partial charge in [0.2, 0.25) is 0 Å². The van der Waals surface area contributed by atoms with Gasteiger partial charge in [0.05, 0.1) is 55.2 Å². The van der Waals surface area contributed by atoms with Crippen molar-refractivity contribution in [2.24, 2.45) is 0 Å². The van der Waals surface area contributed by atoms with Gasteiger partial charge in [-0.2, -0.15) is 10.5 Å². The number of nitrogens with zero attached hydrogens (tertiary/aromatic N) is 5. The number of benzene rings is 8. The molecule has 0 saturated heterocycles. The third-order valence-electron chi connectivity index (χ3n) is 14.6. The summed E-state index contributed by atoms with van der Waals surface area (Å²) in [6.45, 7) is 0. The smallest absolute Gasteiger partial charge is 0.297 e. The molecule has 8 bridgehead atoms. The van der Waals surface area contributed by atoms with Gasteiger partial charge in [-0.25, -0.2) is 9.97 Å². The van der Waals surface area contributed by atoms with Crippen molar-refractivity contribution >= 4 is 45.0 Å². The van der Waals surface area contributed by atoms with Crippen LogP contribution < -0.4 is 0 Å². The summed E-state index contributed by atoms with van der Waals surface area (Å²) >= 11 is 0. The molecule has 0 aliphatic carbocycles. The lowest BCUT2D eigenvalue weighted by Gasteiger charge is -2.11. The number of H-pyrrole nitrogens is 2. The highest BCUT2D eigenvalue weighted by Crippen LogP contribution is 2.52. The van der Waals surface area contributed by atoms with Crippen molar-refractivity contribution in [1.29, 1.82) is 10.5 Å². The number of fused-ring (bicyclic) bond motifs is 8. The minimum atomic E-state index is -0.343. The lowest BCUT2D eigenvalue weighted by atomic mass is 9.90. The van der Waals surface area contributed by atoms with Crippen molar-refractivity contribution in [1.82, 2.24) is 19.9 Å². The van der Waals surface area contributed by atoms with Gasteiger partial charge in [0.15, 0.2) is 5.69 Å². The summed E-state index contributed by atoms with van der Waals surface area (Å²) in [5.41, 5.74) is 14.8.